The van der Waals surface area contributed by atoms with Crippen LogP contribution in [0.25, 0.3) is 0 Å². The smallest absolute Gasteiger partial charge is 0.262 e. The Morgan fingerprint density at radius 1 is 0.794 bits per heavy atom. The number of nitrogens with two attached hydrogens (primary N) is 2. The van der Waals surface area contributed by atoms with Crippen molar-refractivity contribution < 1.29 is 33.4 Å². The lowest BCUT2D eigenvalue weighted by molar-refractivity contribution is -0.136. The topological polar surface area (TPSA) is 163 Å². The number of piperidine rings is 1. The number of rotatable bonds is 13. The highest BCUT2D eigenvalue weighted by atomic mass is 16.5. The molecular weight excluding hydrogens is 444 g/mol. The number of nitrogens with zero attached hydrogens (tertiary/aromatic N) is 1. The molecule has 3 rings (SSSR count). The number of hydrogen-bond donors (Lipinski definition) is 3. The standard InChI is InChI=1S/C13H10N2O4.C10H24N2O3/c16-10-6-5-9(11(17)14-10)15-12(18)7-3-1-2-4-8(7)13(15)19;11-3-1-5-13-7-9-15-10-8-14-6-2-4-12/h1-4,9H,5-6H2,(H,14,16,17);1-12H2. The molecule has 0 aliphatic carbocycles. The average Bonchev–Trinajstić information content (AvgIpc) is 3.08. The number of benzene rings is 1. The van der Waals surface area contributed by atoms with Gasteiger partial charge in [0.05, 0.1) is 37.6 Å². The maximum absolute atomic E-state index is 12.2. The van der Waals surface area contributed by atoms with Crippen LogP contribution in [-0.4, -0.2) is 87.3 Å². The predicted molar refractivity (Wildman–Crippen MR) is 123 cm³/mol. The second-order valence-corrected chi connectivity index (χ2v) is 7.61. The highest BCUT2D eigenvalue weighted by molar-refractivity contribution is 6.23. The van der Waals surface area contributed by atoms with Crippen LogP contribution in [0.3, 0.4) is 0 Å². The van der Waals surface area contributed by atoms with Crippen LogP contribution in [0.2, 0.25) is 0 Å². The van der Waals surface area contributed by atoms with E-state index in [0.29, 0.717) is 63.9 Å². The molecule has 1 aromatic rings. The number of ether oxygens (including phenoxy) is 3. The molecule has 0 radical (unpaired) electrons. The molecule has 1 saturated heterocycles. The third kappa shape index (κ3) is 8.26. The summed E-state index contributed by atoms with van der Waals surface area (Å²) in [6.45, 7) is 5.27. The summed E-state index contributed by atoms with van der Waals surface area (Å²) in [5.41, 5.74) is 11.2. The lowest BCUT2D eigenvalue weighted by Gasteiger charge is -2.27. The van der Waals surface area contributed by atoms with Crippen molar-refractivity contribution in [3.8, 4) is 0 Å². The fourth-order valence-corrected chi connectivity index (χ4v) is 3.33. The fraction of sp³-hybridized carbons (Fsp3) is 0.565. The van der Waals surface area contributed by atoms with Crippen molar-refractivity contribution in [3.05, 3.63) is 35.4 Å². The van der Waals surface area contributed by atoms with Gasteiger partial charge in [-0.15, -0.1) is 0 Å². The SMILES string of the molecule is NCCCOCCOCCOCCCN.O=C1CCC(N2C(=O)c3ccccc3C2=O)C(=O)N1. The van der Waals surface area contributed by atoms with Crippen LogP contribution in [0.1, 0.15) is 46.4 Å². The molecule has 0 saturated carbocycles. The van der Waals surface area contributed by atoms with Crippen LogP contribution in [-0.2, 0) is 23.8 Å². The van der Waals surface area contributed by atoms with Gasteiger partial charge in [0.15, 0.2) is 0 Å². The molecule has 1 fully saturated rings. The zero-order chi connectivity index (χ0) is 24.8. The first-order chi connectivity index (χ1) is 16.5. The number of hydrogen-bond acceptors (Lipinski definition) is 9. The normalized spacial score (nSPS) is 17.4. The van der Waals surface area contributed by atoms with E-state index in [1.54, 1.807) is 24.3 Å². The molecule has 1 aromatic carbocycles. The second kappa shape index (κ2) is 15.3. The summed E-state index contributed by atoms with van der Waals surface area (Å²) in [5, 5.41) is 2.15. The number of fused-ring (bicyclic) bond motifs is 1. The summed E-state index contributed by atoms with van der Waals surface area (Å²) < 4.78 is 15.8. The molecule has 0 spiro atoms. The molecule has 5 N–H and O–H groups in total. The van der Waals surface area contributed by atoms with Crippen molar-refractivity contribution in [2.45, 2.75) is 31.7 Å². The molecule has 4 amide bonds. The average molecular weight is 479 g/mol. The second-order valence-electron chi connectivity index (χ2n) is 7.61. The summed E-state index contributed by atoms with van der Waals surface area (Å²) in [5.74, 6) is -1.92. The van der Waals surface area contributed by atoms with Crippen LogP contribution in [0.5, 0.6) is 0 Å². The van der Waals surface area contributed by atoms with E-state index < -0.39 is 23.8 Å². The van der Waals surface area contributed by atoms with Crippen LogP contribution < -0.4 is 16.8 Å². The molecule has 1 unspecified atom stereocenters. The maximum atomic E-state index is 12.2. The lowest BCUT2D eigenvalue weighted by atomic mass is 10.0. The molecule has 0 aromatic heterocycles. The van der Waals surface area contributed by atoms with Gasteiger partial charge in [0.2, 0.25) is 11.8 Å². The van der Waals surface area contributed by atoms with Crippen molar-refractivity contribution >= 4 is 23.6 Å². The van der Waals surface area contributed by atoms with Gasteiger partial charge in [0.25, 0.3) is 11.8 Å². The van der Waals surface area contributed by atoms with E-state index in [0.717, 1.165) is 17.7 Å². The van der Waals surface area contributed by atoms with E-state index in [1.807, 2.05) is 0 Å². The molecule has 2 aliphatic rings. The Balaban J connectivity index is 0.000000249. The third-order valence-electron chi connectivity index (χ3n) is 5.08. The van der Waals surface area contributed by atoms with Crippen LogP contribution in [0.4, 0.5) is 0 Å². The maximum Gasteiger partial charge on any atom is 0.262 e. The van der Waals surface area contributed by atoms with Crippen LogP contribution in [0.15, 0.2) is 24.3 Å². The number of carbonyl (C=O) groups is 4. The Kier molecular flexibility index (Phi) is 12.4. The van der Waals surface area contributed by atoms with Gasteiger partial charge in [0.1, 0.15) is 6.04 Å². The van der Waals surface area contributed by atoms with Gasteiger partial charge in [-0.2, -0.15) is 0 Å². The molecule has 0 bridgehead atoms. The van der Waals surface area contributed by atoms with Crippen LogP contribution >= 0.6 is 0 Å². The molecule has 11 nitrogen and oxygen atoms in total. The number of carbonyl (C=O) groups excluding carboxylic acids is 4. The summed E-state index contributed by atoms with van der Waals surface area (Å²) in [6.07, 6.45) is 2.12. The first kappa shape index (κ1) is 27.5. The van der Waals surface area contributed by atoms with E-state index in [4.69, 9.17) is 25.7 Å². The van der Waals surface area contributed by atoms with E-state index >= 15 is 0 Å². The van der Waals surface area contributed by atoms with Crippen molar-refractivity contribution in [1.82, 2.24) is 10.2 Å². The van der Waals surface area contributed by atoms with E-state index in [1.165, 1.54) is 0 Å². The first-order valence-electron chi connectivity index (χ1n) is 11.4. The van der Waals surface area contributed by atoms with E-state index in [9.17, 15) is 19.2 Å². The quantitative estimate of drug-likeness (QED) is 0.258. The van der Waals surface area contributed by atoms with E-state index in [2.05, 4.69) is 5.32 Å². The Morgan fingerprint density at radius 3 is 1.71 bits per heavy atom. The summed E-state index contributed by atoms with van der Waals surface area (Å²) in [6, 6.07) is 5.55. The summed E-state index contributed by atoms with van der Waals surface area (Å²) in [4.78, 5) is 48.1. The van der Waals surface area contributed by atoms with Crippen LogP contribution in [0, 0.1) is 0 Å². The minimum absolute atomic E-state index is 0.129. The molecular formula is C23H34N4O7. The molecule has 11 heteroatoms. The first-order valence-corrected chi connectivity index (χ1v) is 11.4. The fourth-order valence-electron chi connectivity index (χ4n) is 3.33. The molecule has 34 heavy (non-hydrogen) atoms. The van der Waals surface area contributed by atoms with E-state index in [-0.39, 0.29) is 18.7 Å². The van der Waals surface area contributed by atoms with Gasteiger partial charge in [-0.1, -0.05) is 12.1 Å². The summed E-state index contributed by atoms with van der Waals surface area (Å²) in [7, 11) is 0. The number of nitrogens with one attached hydrogen (secondary N) is 1. The van der Waals surface area contributed by atoms with Gasteiger partial charge >= 0.3 is 0 Å². The zero-order valence-electron chi connectivity index (χ0n) is 19.3. The minimum Gasteiger partial charge on any atom is -0.379 e. The predicted octanol–water partition coefficient (Wildman–Crippen LogP) is -0.178. The Labute approximate surface area is 199 Å². The lowest BCUT2D eigenvalue weighted by Crippen LogP contribution is -2.54. The van der Waals surface area contributed by atoms with Crippen molar-refractivity contribution in [2.24, 2.45) is 11.5 Å². The molecule has 2 aliphatic heterocycles. The van der Waals surface area contributed by atoms with Crippen molar-refractivity contribution in [1.29, 1.82) is 0 Å². The van der Waals surface area contributed by atoms with Gasteiger partial charge in [0, 0.05) is 19.6 Å². The third-order valence-corrected chi connectivity index (χ3v) is 5.08. The van der Waals surface area contributed by atoms with Crippen molar-refractivity contribution in [2.75, 3.05) is 52.7 Å². The largest absolute Gasteiger partial charge is 0.379 e. The number of amides is 4. The van der Waals surface area contributed by atoms with Gasteiger partial charge in [-0.05, 0) is 44.5 Å². The monoisotopic (exact) mass is 478 g/mol. The Hall–Kier alpha value is -2.70. The Morgan fingerprint density at radius 2 is 1.26 bits per heavy atom. The molecule has 2 heterocycles. The molecule has 1 atom stereocenters. The zero-order valence-corrected chi connectivity index (χ0v) is 19.3. The highest BCUT2D eigenvalue weighted by Crippen LogP contribution is 2.26. The minimum atomic E-state index is -0.898. The Bertz CT molecular complexity index is 786. The summed E-state index contributed by atoms with van der Waals surface area (Å²) >= 11 is 0. The van der Waals surface area contributed by atoms with Gasteiger partial charge in [-0.25, -0.2) is 0 Å². The number of imide groups is 2. The van der Waals surface area contributed by atoms with Gasteiger partial charge < -0.3 is 25.7 Å². The van der Waals surface area contributed by atoms with Crippen molar-refractivity contribution in [3.63, 3.8) is 0 Å². The van der Waals surface area contributed by atoms with Gasteiger partial charge in [-0.3, -0.25) is 29.4 Å². The molecule has 188 valence electrons. The highest BCUT2D eigenvalue weighted by Gasteiger charge is 2.44.